The molecule has 0 bridgehead atoms. The van der Waals surface area contributed by atoms with Crippen LogP contribution in [-0.4, -0.2) is 52.9 Å². The van der Waals surface area contributed by atoms with Crippen LogP contribution in [0.2, 0.25) is 0 Å². The predicted molar refractivity (Wildman–Crippen MR) is 90.1 cm³/mol. The molecule has 0 amide bonds. The van der Waals surface area contributed by atoms with E-state index in [1.54, 1.807) is 6.26 Å². The van der Waals surface area contributed by atoms with Gasteiger partial charge in [-0.2, -0.15) is 0 Å². The molecule has 0 radical (unpaired) electrons. The number of hydrogen-bond acceptors (Lipinski definition) is 5. The van der Waals surface area contributed by atoms with Crippen molar-refractivity contribution in [2.24, 2.45) is 0 Å². The summed E-state index contributed by atoms with van der Waals surface area (Å²) in [4.78, 5) is 0. The molecule has 1 heterocycles. The fourth-order valence-corrected chi connectivity index (χ4v) is 2.80. The zero-order valence-corrected chi connectivity index (χ0v) is 14.4. The Hall–Kier alpha value is -0.620. The zero-order valence-electron chi connectivity index (χ0n) is 14.4. The second kappa shape index (κ2) is 12.8. The Bertz CT molecular complexity index is 308. The fourth-order valence-electron chi connectivity index (χ4n) is 2.80. The van der Waals surface area contributed by atoms with E-state index in [1.165, 1.54) is 44.9 Å². The lowest BCUT2D eigenvalue weighted by Crippen LogP contribution is -2.41. The van der Waals surface area contributed by atoms with E-state index in [-0.39, 0.29) is 13.2 Å². The van der Waals surface area contributed by atoms with E-state index in [0.29, 0.717) is 0 Å². The van der Waals surface area contributed by atoms with Gasteiger partial charge in [-0.05, 0) is 18.9 Å². The van der Waals surface area contributed by atoms with Gasteiger partial charge in [0.2, 0.25) is 0 Å². The molecule has 5 heteroatoms. The number of aliphatic hydroxyl groups is 3. The molecule has 5 nitrogen and oxygen atoms in total. The van der Waals surface area contributed by atoms with Crippen molar-refractivity contribution in [2.45, 2.75) is 89.1 Å². The number of unbranched alkanes of at least 4 members (excludes halogenated alkanes) is 8. The average Bonchev–Trinajstić information content (AvgIpc) is 2.88. The molecule has 3 N–H and O–H groups in total. The first-order chi connectivity index (χ1) is 11.2. The maximum absolute atomic E-state index is 9.75. The highest BCUT2D eigenvalue weighted by Crippen LogP contribution is 2.19. The number of allylic oxidation sites excluding steroid dienone is 1. The first-order valence-electron chi connectivity index (χ1n) is 9.09. The zero-order chi connectivity index (χ0) is 16.9. The van der Waals surface area contributed by atoms with Gasteiger partial charge in [-0.3, -0.25) is 0 Å². The van der Waals surface area contributed by atoms with Gasteiger partial charge < -0.3 is 24.8 Å². The van der Waals surface area contributed by atoms with E-state index in [0.717, 1.165) is 12.8 Å². The first kappa shape index (κ1) is 20.4. The van der Waals surface area contributed by atoms with Crippen molar-refractivity contribution in [3.05, 3.63) is 12.3 Å². The van der Waals surface area contributed by atoms with E-state index in [2.05, 4.69) is 6.92 Å². The summed E-state index contributed by atoms with van der Waals surface area (Å²) in [6.07, 6.45) is 11.6. The summed E-state index contributed by atoms with van der Waals surface area (Å²) in [7, 11) is 0. The highest BCUT2D eigenvalue weighted by atomic mass is 16.6. The molecule has 1 aliphatic heterocycles. The largest absolute Gasteiger partial charge is 0.493 e. The van der Waals surface area contributed by atoms with Gasteiger partial charge in [-0.25, -0.2) is 0 Å². The minimum atomic E-state index is -1.01. The first-order valence-corrected chi connectivity index (χ1v) is 9.09. The molecule has 0 saturated carbocycles. The van der Waals surface area contributed by atoms with Gasteiger partial charge in [0.15, 0.2) is 0 Å². The molecule has 0 unspecified atom stereocenters. The third-order valence-electron chi connectivity index (χ3n) is 4.31. The normalized spacial score (nSPS) is 26.0. The molecule has 0 spiro atoms. The predicted octanol–water partition coefficient (Wildman–Crippen LogP) is 2.53. The molecule has 23 heavy (non-hydrogen) atoms. The second-order valence-corrected chi connectivity index (χ2v) is 6.35. The minimum absolute atomic E-state index is 0.0770. The van der Waals surface area contributed by atoms with Crippen molar-refractivity contribution in [3.63, 3.8) is 0 Å². The second-order valence-electron chi connectivity index (χ2n) is 6.35. The van der Waals surface area contributed by atoms with E-state index >= 15 is 0 Å². The Balaban J connectivity index is 2.04. The highest BCUT2D eigenvalue weighted by Gasteiger charge is 2.40. The maximum Gasteiger partial charge on any atom is 0.149 e. The van der Waals surface area contributed by atoms with Crippen LogP contribution in [0.5, 0.6) is 0 Å². The molecule has 0 aliphatic carbocycles. The average molecular weight is 330 g/mol. The Morgan fingerprint density at radius 2 is 1.74 bits per heavy atom. The van der Waals surface area contributed by atoms with E-state index in [9.17, 15) is 15.3 Å². The number of ether oxygens (including phenoxy) is 2. The van der Waals surface area contributed by atoms with Crippen LogP contribution in [0.3, 0.4) is 0 Å². The molecule has 1 fully saturated rings. The van der Waals surface area contributed by atoms with Crippen LogP contribution in [0, 0.1) is 0 Å². The number of aliphatic hydroxyl groups excluding tert-OH is 3. The van der Waals surface area contributed by atoms with Crippen LogP contribution in [0.25, 0.3) is 0 Å². The topological polar surface area (TPSA) is 79.2 Å². The SMILES string of the molecule is CCCCCCCCCC/C=C/O[C@H](CO)[C@@H]1OC[C@H](O)[C@@H]1O. The number of rotatable bonds is 13. The van der Waals surface area contributed by atoms with Gasteiger partial charge >= 0.3 is 0 Å². The molecular formula is C18H34O5. The van der Waals surface area contributed by atoms with Crippen LogP contribution < -0.4 is 0 Å². The molecular weight excluding hydrogens is 296 g/mol. The van der Waals surface area contributed by atoms with Crippen molar-refractivity contribution >= 4 is 0 Å². The highest BCUT2D eigenvalue weighted by molar-refractivity contribution is 4.90. The van der Waals surface area contributed by atoms with Gasteiger partial charge in [-0.1, -0.05) is 51.9 Å². The van der Waals surface area contributed by atoms with Crippen LogP contribution in [0.4, 0.5) is 0 Å². The molecule has 0 aromatic rings. The summed E-state index contributed by atoms with van der Waals surface area (Å²) in [6, 6.07) is 0. The lowest BCUT2D eigenvalue weighted by atomic mass is 10.1. The molecule has 1 saturated heterocycles. The summed E-state index contributed by atoms with van der Waals surface area (Å²) in [5.41, 5.74) is 0. The summed E-state index contributed by atoms with van der Waals surface area (Å²) in [5.74, 6) is 0. The van der Waals surface area contributed by atoms with Crippen molar-refractivity contribution in [1.29, 1.82) is 0 Å². The molecule has 0 aromatic carbocycles. The number of hydrogen-bond donors (Lipinski definition) is 3. The summed E-state index contributed by atoms with van der Waals surface area (Å²) >= 11 is 0. The van der Waals surface area contributed by atoms with Crippen molar-refractivity contribution in [1.82, 2.24) is 0 Å². The third kappa shape index (κ3) is 8.15. The van der Waals surface area contributed by atoms with Gasteiger partial charge in [0.1, 0.15) is 24.4 Å². The molecule has 0 aromatic heterocycles. The van der Waals surface area contributed by atoms with Crippen LogP contribution >= 0.6 is 0 Å². The summed E-state index contributed by atoms with van der Waals surface area (Å²) in [6.45, 7) is 2.06. The maximum atomic E-state index is 9.75. The van der Waals surface area contributed by atoms with Crippen LogP contribution in [-0.2, 0) is 9.47 Å². The fraction of sp³-hybridized carbons (Fsp3) is 0.889. The molecule has 1 rings (SSSR count). The van der Waals surface area contributed by atoms with E-state index in [1.807, 2.05) is 6.08 Å². The van der Waals surface area contributed by atoms with Gasteiger partial charge in [-0.15, -0.1) is 0 Å². The summed E-state index contributed by atoms with van der Waals surface area (Å²) in [5, 5.41) is 28.5. The van der Waals surface area contributed by atoms with E-state index < -0.39 is 24.4 Å². The van der Waals surface area contributed by atoms with Crippen LogP contribution in [0.1, 0.15) is 64.7 Å². The monoisotopic (exact) mass is 330 g/mol. The van der Waals surface area contributed by atoms with Crippen molar-refractivity contribution < 1.29 is 24.8 Å². The molecule has 4 atom stereocenters. The Morgan fingerprint density at radius 3 is 2.30 bits per heavy atom. The third-order valence-corrected chi connectivity index (χ3v) is 4.31. The van der Waals surface area contributed by atoms with Gasteiger partial charge in [0.05, 0.1) is 19.5 Å². The van der Waals surface area contributed by atoms with E-state index in [4.69, 9.17) is 9.47 Å². The quantitative estimate of drug-likeness (QED) is 0.357. The van der Waals surface area contributed by atoms with Crippen molar-refractivity contribution in [3.8, 4) is 0 Å². The summed E-state index contributed by atoms with van der Waals surface area (Å²) < 4.78 is 10.7. The Labute approximate surface area is 140 Å². The Morgan fingerprint density at radius 1 is 1.09 bits per heavy atom. The molecule has 136 valence electrons. The minimum Gasteiger partial charge on any atom is -0.493 e. The smallest absolute Gasteiger partial charge is 0.149 e. The molecule has 1 aliphatic rings. The van der Waals surface area contributed by atoms with Crippen LogP contribution in [0.15, 0.2) is 12.3 Å². The lowest BCUT2D eigenvalue weighted by Gasteiger charge is -2.23. The lowest BCUT2D eigenvalue weighted by molar-refractivity contribution is -0.0737. The van der Waals surface area contributed by atoms with Gasteiger partial charge in [0, 0.05) is 0 Å². The van der Waals surface area contributed by atoms with Gasteiger partial charge in [0.25, 0.3) is 0 Å². The Kier molecular flexibility index (Phi) is 11.3. The van der Waals surface area contributed by atoms with Crippen molar-refractivity contribution in [2.75, 3.05) is 13.2 Å². The standard InChI is InChI=1S/C18H34O5/c1-2-3-4-5-6-7-8-9-10-11-12-22-16(13-19)18-17(21)15(20)14-23-18/h11-12,15-21H,2-10,13-14H2,1H3/b12-11+/t15-,16+,17-,18-/m0/s1.